The number of hydrogen-bond donors (Lipinski definition) is 2. The summed E-state index contributed by atoms with van der Waals surface area (Å²) in [6, 6.07) is 10.1. The number of hydrogen-bond acceptors (Lipinski definition) is 3. The van der Waals surface area contributed by atoms with Gasteiger partial charge in [0.15, 0.2) is 0 Å². The summed E-state index contributed by atoms with van der Waals surface area (Å²) in [6.45, 7) is 4.95. The van der Waals surface area contributed by atoms with Crippen LogP contribution in [0.3, 0.4) is 0 Å². The van der Waals surface area contributed by atoms with Crippen LogP contribution in [0.1, 0.15) is 43.7 Å². The second-order valence-corrected chi connectivity index (χ2v) is 5.29. The van der Waals surface area contributed by atoms with E-state index in [9.17, 15) is 0 Å². The van der Waals surface area contributed by atoms with Gasteiger partial charge in [-0.05, 0) is 12.3 Å². The Hall–Kier alpha value is -1.65. The molecule has 0 aliphatic carbocycles. The molecule has 1 heterocycles. The number of H-pyrrole nitrogens is 1. The molecule has 0 fully saturated rings. The van der Waals surface area contributed by atoms with E-state index >= 15 is 0 Å². The number of imidazole rings is 1. The van der Waals surface area contributed by atoms with Gasteiger partial charge in [-0.15, -0.1) is 0 Å². The average molecular weight is 273 g/mol. The van der Waals surface area contributed by atoms with Gasteiger partial charge < -0.3 is 15.5 Å². The third kappa shape index (κ3) is 3.26. The molecule has 1 aromatic carbocycles. The van der Waals surface area contributed by atoms with Crippen LogP contribution in [0, 0.1) is 0 Å². The number of rotatable bonds is 6. The number of methoxy groups -OCH3 is 1. The third-order valence-corrected chi connectivity index (χ3v) is 3.36. The summed E-state index contributed by atoms with van der Waals surface area (Å²) in [5.74, 6) is 1.21. The monoisotopic (exact) mass is 273 g/mol. The van der Waals surface area contributed by atoms with Crippen LogP contribution in [0.2, 0.25) is 0 Å². The van der Waals surface area contributed by atoms with Crippen molar-refractivity contribution < 1.29 is 4.74 Å². The van der Waals surface area contributed by atoms with Crippen molar-refractivity contribution in [3.63, 3.8) is 0 Å². The van der Waals surface area contributed by atoms with Gasteiger partial charge in [0.05, 0.1) is 11.7 Å². The van der Waals surface area contributed by atoms with Gasteiger partial charge in [-0.25, -0.2) is 4.98 Å². The molecule has 0 amide bonds. The highest BCUT2D eigenvalue weighted by Gasteiger charge is 2.18. The minimum absolute atomic E-state index is 0.120. The Morgan fingerprint density at radius 1 is 1.25 bits per heavy atom. The van der Waals surface area contributed by atoms with Gasteiger partial charge in [0.2, 0.25) is 0 Å². The molecular weight excluding hydrogens is 250 g/mol. The van der Waals surface area contributed by atoms with Crippen LogP contribution >= 0.6 is 0 Å². The van der Waals surface area contributed by atoms with E-state index in [4.69, 9.17) is 15.5 Å². The molecule has 0 bridgehead atoms. The Morgan fingerprint density at radius 2 is 1.95 bits per heavy atom. The number of ether oxygens (including phenoxy) is 1. The molecule has 108 valence electrons. The molecule has 0 aliphatic heterocycles. The van der Waals surface area contributed by atoms with Crippen molar-refractivity contribution in [2.24, 2.45) is 5.73 Å². The predicted octanol–water partition coefficient (Wildman–Crippen LogP) is 3.24. The van der Waals surface area contributed by atoms with E-state index in [1.165, 1.54) is 0 Å². The van der Waals surface area contributed by atoms with Gasteiger partial charge in [-0.1, -0.05) is 44.2 Å². The van der Waals surface area contributed by atoms with Crippen molar-refractivity contribution in [3.05, 3.63) is 41.9 Å². The minimum atomic E-state index is -0.120. The van der Waals surface area contributed by atoms with E-state index in [0.717, 1.165) is 29.2 Å². The van der Waals surface area contributed by atoms with Crippen molar-refractivity contribution in [2.45, 2.75) is 32.2 Å². The van der Waals surface area contributed by atoms with Crippen molar-refractivity contribution in [1.82, 2.24) is 9.97 Å². The molecule has 0 saturated carbocycles. The van der Waals surface area contributed by atoms with Crippen LogP contribution in [0.5, 0.6) is 0 Å². The highest BCUT2D eigenvalue weighted by atomic mass is 16.5. The van der Waals surface area contributed by atoms with Gasteiger partial charge >= 0.3 is 0 Å². The normalized spacial score (nSPS) is 12.8. The van der Waals surface area contributed by atoms with Gasteiger partial charge in [0, 0.05) is 25.0 Å². The lowest BCUT2D eigenvalue weighted by atomic mass is 10.0. The number of benzene rings is 1. The number of aromatic nitrogens is 2. The first-order valence-corrected chi connectivity index (χ1v) is 7.03. The maximum absolute atomic E-state index is 6.17. The molecule has 2 aromatic rings. The average Bonchev–Trinajstić information content (AvgIpc) is 2.91. The summed E-state index contributed by atoms with van der Waals surface area (Å²) >= 11 is 0. The zero-order valence-corrected chi connectivity index (χ0v) is 12.4. The maximum atomic E-state index is 6.17. The van der Waals surface area contributed by atoms with Gasteiger partial charge in [-0.3, -0.25) is 0 Å². The smallest absolute Gasteiger partial charge is 0.124 e. The molecule has 0 saturated heterocycles. The Morgan fingerprint density at radius 3 is 2.55 bits per heavy atom. The van der Waals surface area contributed by atoms with E-state index in [1.54, 1.807) is 7.11 Å². The van der Waals surface area contributed by atoms with Crippen LogP contribution in [0.25, 0.3) is 11.3 Å². The largest absolute Gasteiger partial charge is 0.385 e. The van der Waals surface area contributed by atoms with E-state index in [2.05, 4.69) is 31.0 Å². The topological polar surface area (TPSA) is 63.9 Å². The number of aromatic amines is 1. The number of nitrogens with one attached hydrogen (secondary N) is 1. The summed E-state index contributed by atoms with van der Waals surface area (Å²) in [7, 11) is 1.68. The fraction of sp³-hybridized carbons (Fsp3) is 0.438. The summed E-state index contributed by atoms with van der Waals surface area (Å²) < 4.78 is 5.08. The van der Waals surface area contributed by atoms with E-state index in [0.29, 0.717) is 12.5 Å². The van der Waals surface area contributed by atoms with Crippen LogP contribution in [-0.4, -0.2) is 23.7 Å². The standard InChI is InChI=1S/C16H23N3O/c1-11(2)14-15(12-7-5-4-6-8-12)19-16(18-14)13(17)9-10-20-3/h4-8,11,13H,9-10,17H2,1-3H3,(H,18,19). The molecule has 3 N–H and O–H groups in total. The number of nitrogens with two attached hydrogens (primary N) is 1. The highest BCUT2D eigenvalue weighted by molar-refractivity contribution is 5.62. The van der Waals surface area contributed by atoms with Crippen molar-refractivity contribution in [3.8, 4) is 11.3 Å². The first-order chi connectivity index (χ1) is 9.63. The second-order valence-electron chi connectivity index (χ2n) is 5.29. The van der Waals surface area contributed by atoms with Gasteiger partial charge in [0.25, 0.3) is 0 Å². The van der Waals surface area contributed by atoms with Crippen LogP contribution < -0.4 is 5.73 Å². The molecule has 0 spiro atoms. The highest BCUT2D eigenvalue weighted by Crippen LogP contribution is 2.28. The zero-order chi connectivity index (χ0) is 14.5. The molecule has 4 nitrogen and oxygen atoms in total. The minimum Gasteiger partial charge on any atom is -0.385 e. The van der Waals surface area contributed by atoms with E-state index in [-0.39, 0.29) is 6.04 Å². The molecule has 0 aliphatic rings. The molecule has 1 unspecified atom stereocenters. The summed E-state index contributed by atoms with van der Waals surface area (Å²) in [4.78, 5) is 8.12. The second kappa shape index (κ2) is 6.68. The lowest BCUT2D eigenvalue weighted by Crippen LogP contribution is -2.14. The molecule has 1 aromatic heterocycles. The van der Waals surface area contributed by atoms with Crippen molar-refractivity contribution in [1.29, 1.82) is 0 Å². The predicted molar refractivity (Wildman–Crippen MR) is 81.5 cm³/mol. The number of nitrogens with zero attached hydrogens (tertiary/aromatic N) is 1. The summed E-state index contributed by atoms with van der Waals surface area (Å²) in [5, 5.41) is 0. The maximum Gasteiger partial charge on any atom is 0.124 e. The third-order valence-electron chi connectivity index (χ3n) is 3.36. The fourth-order valence-corrected chi connectivity index (χ4v) is 2.20. The first kappa shape index (κ1) is 14.8. The van der Waals surface area contributed by atoms with E-state index < -0.39 is 0 Å². The van der Waals surface area contributed by atoms with Crippen molar-refractivity contribution >= 4 is 0 Å². The molecule has 2 rings (SSSR count). The molecule has 1 atom stereocenters. The van der Waals surface area contributed by atoms with Gasteiger partial charge in [0.1, 0.15) is 5.82 Å². The van der Waals surface area contributed by atoms with Crippen LogP contribution in [0.4, 0.5) is 0 Å². The van der Waals surface area contributed by atoms with Crippen LogP contribution in [0.15, 0.2) is 30.3 Å². The Labute approximate surface area is 120 Å². The van der Waals surface area contributed by atoms with Gasteiger partial charge in [-0.2, -0.15) is 0 Å². The SMILES string of the molecule is COCCC(N)c1nc(-c2ccccc2)c(C(C)C)[nH]1. The zero-order valence-electron chi connectivity index (χ0n) is 12.4. The summed E-state index contributed by atoms with van der Waals surface area (Å²) in [6.07, 6.45) is 0.760. The summed E-state index contributed by atoms with van der Waals surface area (Å²) in [5.41, 5.74) is 9.43. The fourth-order valence-electron chi connectivity index (χ4n) is 2.20. The molecule has 20 heavy (non-hydrogen) atoms. The van der Waals surface area contributed by atoms with Crippen molar-refractivity contribution in [2.75, 3.05) is 13.7 Å². The first-order valence-electron chi connectivity index (χ1n) is 7.03. The molecule has 0 radical (unpaired) electrons. The lowest BCUT2D eigenvalue weighted by molar-refractivity contribution is 0.187. The Bertz CT molecular complexity index is 534. The van der Waals surface area contributed by atoms with E-state index in [1.807, 2.05) is 18.2 Å². The molecular formula is C16H23N3O. The van der Waals surface area contributed by atoms with Crippen LogP contribution in [-0.2, 0) is 4.74 Å². The Balaban J connectivity index is 2.34. The lowest BCUT2D eigenvalue weighted by Gasteiger charge is -2.07. The molecule has 4 heteroatoms. The Kier molecular flexibility index (Phi) is 4.93. The quantitative estimate of drug-likeness (QED) is 0.849.